The molecule has 0 bridgehead atoms. The van der Waals surface area contributed by atoms with Gasteiger partial charge in [0.15, 0.2) is 11.4 Å². The standard InChI is InChI=1S/C20H16O5/c1-10-11(2)24-15-9-14(21)17-13(12-6-4-3-5-7-12)8-16(22)25-20(17)18(15)19(10)23/h3-11,21H,1-2H3. The number of ether oxygens (including phenoxy) is 1. The molecule has 0 saturated heterocycles. The molecule has 2 aromatic carbocycles. The normalized spacial score (nSPS) is 19.5. The van der Waals surface area contributed by atoms with Crippen LogP contribution in [0.25, 0.3) is 22.1 Å². The van der Waals surface area contributed by atoms with Crippen LogP contribution in [-0.4, -0.2) is 17.0 Å². The predicted molar refractivity (Wildman–Crippen MR) is 93.2 cm³/mol. The van der Waals surface area contributed by atoms with Crippen molar-refractivity contribution >= 4 is 16.8 Å². The van der Waals surface area contributed by atoms with Crippen LogP contribution in [0.1, 0.15) is 24.2 Å². The molecule has 5 nitrogen and oxygen atoms in total. The van der Waals surface area contributed by atoms with E-state index in [9.17, 15) is 14.7 Å². The molecule has 1 N–H and O–H groups in total. The molecule has 0 amide bonds. The molecule has 25 heavy (non-hydrogen) atoms. The van der Waals surface area contributed by atoms with E-state index in [1.54, 1.807) is 13.8 Å². The van der Waals surface area contributed by atoms with Crippen molar-refractivity contribution in [3.05, 3.63) is 58.4 Å². The number of fused-ring (bicyclic) bond motifs is 3. The Morgan fingerprint density at radius 1 is 1.04 bits per heavy atom. The van der Waals surface area contributed by atoms with Crippen LogP contribution in [0, 0.1) is 5.92 Å². The summed E-state index contributed by atoms with van der Waals surface area (Å²) < 4.78 is 11.1. The highest BCUT2D eigenvalue weighted by Gasteiger charge is 2.35. The summed E-state index contributed by atoms with van der Waals surface area (Å²) in [4.78, 5) is 24.9. The van der Waals surface area contributed by atoms with Crippen LogP contribution in [-0.2, 0) is 0 Å². The number of phenols is 1. The highest BCUT2D eigenvalue weighted by atomic mass is 16.5. The van der Waals surface area contributed by atoms with Gasteiger partial charge in [0.05, 0.1) is 11.3 Å². The number of carbonyl (C=O) groups excluding carboxylic acids is 1. The van der Waals surface area contributed by atoms with E-state index in [4.69, 9.17) is 9.15 Å². The van der Waals surface area contributed by atoms with Gasteiger partial charge in [-0.3, -0.25) is 4.79 Å². The summed E-state index contributed by atoms with van der Waals surface area (Å²) in [6.45, 7) is 3.57. The van der Waals surface area contributed by atoms with Crippen molar-refractivity contribution in [2.75, 3.05) is 0 Å². The van der Waals surface area contributed by atoms with Gasteiger partial charge in [-0.15, -0.1) is 0 Å². The topological polar surface area (TPSA) is 76.7 Å². The van der Waals surface area contributed by atoms with Gasteiger partial charge in [-0.2, -0.15) is 0 Å². The Labute approximate surface area is 143 Å². The van der Waals surface area contributed by atoms with Gasteiger partial charge in [-0.05, 0) is 12.5 Å². The molecule has 0 spiro atoms. The monoisotopic (exact) mass is 336 g/mol. The third-order valence-electron chi connectivity index (χ3n) is 4.72. The molecule has 0 saturated carbocycles. The highest BCUT2D eigenvalue weighted by Crippen LogP contribution is 2.43. The molecule has 0 fully saturated rings. The van der Waals surface area contributed by atoms with Crippen LogP contribution in [0.2, 0.25) is 0 Å². The van der Waals surface area contributed by atoms with Gasteiger partial charge < -0.3 is 14.3 Å². The minimum atomic E-state index is -0.585. The van der Waals surface area contributed by atoms with E-state index in [0.29, 0.717) is 10.9 Å². The SMILES string of the molecule is CC1Oc2cc(O)c3c(-c4ccccc4)cc(=O)oc3c2C(=O)C1C. The van der Waals surface area contributed by atoms with Crippen molar-refractivity contribution in [3.63, 3.8) is 0 Å². The number of benzene rings is 2. The van der Waals surface area contributed by atoms with E-state index in [-0.39, 0.29) is 40.5 Å². The third kappa shape index (κ3) is 2.31. The zero-order chi connectivity index (χ0) is 17.7. The summed E-state index contributed by atoms with van der Waals surface area (Å²) in [6.07, 6.45) is -0.319. The molecule has 1 aromatic heterocycles. The molecule has 0 radical (unpaired) electrons. The number of Topliss-reactive ketones (excluding diaryl/α,β-unsaturated/α-hetero) is 1. The molecular formula is C20H16O5. The van der Waals surface area contributed by atoms with Gasteiger partial charge in [0.2, 0.25) is 0 Å². The van der Waals surface area contributed by atoms with Gasteiger partial charge in [-0.1, -0.05) is 37.3 Å². The second-order valence-corrected chi connectivity index (χ2v) is 6.29. The first-order valence-electron chi connectivity index (χ1n) is 8.07. The van der Waals surface area contributed by atoms with E-state index in [2.05, 4.69) is 0 Å². The Kier molecular flexibility index (Phi) is 3.39. The average Bonchev–Trinajstić information content (AvgIpc) is 2.59. The fraction of sp³-hybridized carbons (Fsp3) is 0.200. The molecule has 1 aliphatic heterocycles. The largest absolute Gasteiger partial charge is 0.507 e. The Balaban J connectivity index is 2.13. The number of aromatic hydroxyl groups is 1. The third-order valence-corrected chi connectivity index (χ3v) is 4.72. The number of rotatable bonds is 1. The summed E-state index contributed by atoms with van der Waals surface area (Å²) in [5.41, 5.74) is 0.976. The number of carbonyl (C=O) groups is 1. The van der Waals surface area contributed by atoms with Crippen molar-refractivity contribution in [1.82, 2.24) is 0 Å². The lowest BCUT2D eigenvalue weighted by Crippen LogP contribution is -2.33. The van der Waals surface area contributed by atoms with Crippen LogP contribution < -0.4 is 10.4 Å². The van der Waals surface area contributed by atoms with Gasteiger partial charge in [0, 0.05) is 17.7 Å². The van der Waals surface area contributed by atoms with Crippen molar-refractivity contribution in [2.24, 2.45) is 5.92 Å². The molecule has 2 atom stereocenters. The minimum Gasteiger partial charge on any atom is -0.507 e. The molecular weight excluding hydrogens is 320 g/mol. The average molecular weight is 336 g/mol. The molecule has 126 valence electrons. The fourth-order valence-corrected chi connectivity index (χ4v) is 3.22. The highest BCUT2D eigenvalue weighted by molar-refractivity contribution is 6.14. The van der Waals surface area contributed by atoms with E-state index in [1.165, 1.54) is 12.1 Å². The van der Waals surface area contributed by atoms with E-state index < -0.39 is 5.63 Å². The zero-order valence-corrected chi connectivity index (χ0v) is 13.8. The lowest BCUT2D eigenvalue weighted by atomic mass is 9.89. The van der Waals surface area contributed by atoms with Gasteiger partial charge in [-0.25, -0.2) is 4.79 Å². The molecule has 2 unspecified atom stereocenters. The van der Waals surface area contributed by atoms with Crippen LogP contribution in [0.5, 0.6) is 11.5 Å². The Morgan fingerprint density at radius 2 is 1.76 bits per heavy atom. The van der Waals surface area contributed by atoms with Crippen LogP contribution >= 0.6 is 0 Å². The van der Waals surface area contributed by atoms with Crippen LogP contribution in [0.15, 0.2) is 51.7 Å². The van der Waals surface area contributed by atoms with Crippen molar-refractivity contribution in [3.8, 4) is 22.6 Å². The number of hydrogen-bond acceptors (Lipinski definition) is 5. The number of phenolic OH excluding ortho intramolecular Hbond substituents is 1. The zero-order valence-electron chi connectivity index (χ0n) is 13.8. The van der Waals surface area contributed by atoms with E-state index in [0.717, 1.165) is 5.56 Å². The maximum atomic E-state index is 12.8. The summed E-state index contributed by atoms with van der Waals surface area (Å²) in [6, 6.07) is 11.9. The smallest absolute Gasteiger partial charge is 0.336 e. The molecule has 1 aliphatic rings. The Morgan fingerprint density at radius 3 is 2.48 bits per heavy atom. The first-order valence-corrected chi connectivity index (χ1v) is 8.07. The van der Waals surface area contributed by atoms with Gasteiger partial charge in [0.1, 0.15) is 23.2 Å². The second-order valence-electron chi connectivity index (χ2n) is 6.29. The maximum Gasteiger partial charge on any atom is 0.336 e. The van der Waals surface area contributed by atoms with Crippen LogP contribution in [0.4, 0.5) is 0 Å². The molecule has 3 aromatic rings. The van der Waals surface area contributed by atoms with Crippen LogP contribution in [0.3, 0.4) is 0 Å². The molecule has 2 heterocycles. The summed E-state index contributed by atoms with van der Waals surface area (Å²) in [5.74, 6) is -0.377. The van der Waals surface area contributed by atoms with Crippen molar-refractivity contribution < 1.29 is 19.1 Å². The minimum absolute atomic E-state index is 0.0742. The first kappa shape index (κ1) is 15.4. The van der Waals surface area contributed by atoms with E-state index >= 15 is 0 Å². The quantitative estimate of drug-likeness (QED) is 0.685. The van der Waals surface area contributed by atoms with Crippen molar-refractivity contribution in [1.29, 1.82) is 0 Å². The molecule has 4 rings (SSSR count). The van der Waals surface area contributed by atoms with Crippen molar-refractivity contribution in [2.45, 2.75) is 20.0 Å². The summed E-state index contributed by atoms with van der Waals surface area (Å²) in [5, 5.41) is 10.9. The first-order chi connectivity index (χ1) is 12.0. The summed E-state index contributed by atoms with van der Waals surface area (Å²) >= 11 is 0. The lowest BCUT2D eigenvalue weighted by Gasteiger charge is -2.28. The van der Waals surface area contributed by atoms with Gasteiger partial charge >= 0.3 is 5.63 Å². The number of hydrogen-bond donors (Lipinski definition) is 1. The Bertz CT molecular complexity index is 1050. The predicted octanol–water partition coefficient (Wildman–Crippen LogP) is 3.77. The van der Waals surface area contributed by atoms with E-state index in [1.807, 2.05) is 30.3 Å². The van der Waals surface area contributed by atoms with Gasteiger partial charge in [0.25, 0.3) is 0 Å². The molecule has 5 heteroatoms. The Hall–Kier alpha value is -3.08. The fourth-order valence-electron chi connectivity index (χ4n) is 3.22. The molecule has 0 aliphatic carbocycles. The summed E-state index contributed by atoms with van der Waals surface area (Å²) in [7, 11) is 0. The number of ketones is 1. The maximum absolute atomic E-state index is 12.8. The second kappa shape index (κ2) is 5.48. The lowest BCUT2D eigenvalue weighted by molar-refractivity contribution is 0.0731.